The fourth-order valence-electron chi connectivity index (χ4n) is 2.04. The molecule has 1 aromatic heterocycles. The van der Waals surface area contributed by atoms with E-state index in [4.69, 9.17) is 15.9 Å². The molecule has 1 aliphatic carbocycles. The Morgan fingerprint density at radius 1 is 1.47 bits per heavy atom. The van der Waals surface area contributed by atoms with E-state index in [1.54, 1.807) is 7.11 Å². The molecule has 1 fully saturated rings. The van der Waals surface area contributed by atoms with Crippen LogP contribution in [0.2, 0.25) is 0 Å². The maximum atomic E-state index is 7.68. The van der Waals surface area contributed by atoms with Crippen LogP contribution < -0.4 is 10.5 Å². The molecule has 3 rings (SSSR count). The second-order valence-corrected chi connectivity index (χ2v) is 5.65. The molecule has 0 amide bonds. The fourth-order valence-corrected chi connectivity index (χ4v) is 3.05. The lowest BCUT2D eigenvalue weighted by Crippen LogP contribution is -2.11. The largest absolute Gasteiger partial charge is 0.497 e. The summed E-state index contributed by atoms with van der Waals surface area (Å²) in [6.07, 6.45) is 2.31. The van der Waals surface area contributed by atoms with Crippen LogP contribution in [0.15, 0.2) is 24.3 Å². The summed E-state index contributed by atoms with van der Waals surface area (Å²) >= 11 is 1.49. The van der Waals surface area contributed by atoms with Crippen molar-refractivity contribution in [1.29, 1.82) is 5.41 Å². The van der Waals surface area contributed by atoms with Gasteiger partial charge in [-0.25, -0.2) is 4.98 Å². The summed E-state index contributed by atoms with van der Waals surface area (Å²) in [5.41, 5.74) is 7.67. The summed E-state index contributed by atoms with van der Waals surface area (Å²) in [6, 6.07) is 7.81. The first kappa shape index (κ1) is 12.2. The van der Waals surface area contributed by atoms with Crippen molar-refractivity contribution in [3.8, 4) is 16.3 Å². The van der Waals surface area contributed by atoms with Gasteiger partial charge in [-0.05, 0) is 25.0 Å². The Morgan fingerprint density at radius 2 is 2.26 bits per heavy atom. The average Bonchev–Trinajstić information content (AvgIpc) is 3.17. The molecule has 3 N–H and O–H groups in total. The first-order valence-corrected chi connectivity index (χ1v) is 7.00. The topological polar surface area (TPSA) is 72.0 Å². The van der Waals surface area contributed by atoms with Crippen molar-refractivity contribution in [2.45, 2.75) is 18.8 Å². The molecule has 19 heavy (non-hydrogen) atoms. The minimum Gasteiger partial charge on any atom is -0.497 e. The van der Waals surface area contributed by atoms with Gasteiger partial charge < -0.3 is 10.5 Å². The highest BCUT2D eigenvalue weighted by molar-refractivity contribution is 7.17. The van der Waals surface area contributed by atoms with Crippen molar-refractivity contribution in [3.05, 3.63) is 34.8 Å². The highest BCUT2D eigenvalue weighted by Gasteiger charge is 2.30. The number of methoxy groups -OCH3 is 1. The molecule has 0 saturated heterocycles. The fraction of sp³-hybridized carbons (Fsp3) is 0.286. The van der Waals surface area contributed by atoms with Gasteiger partial charge in [0.1, 0.15) is 16.6 Å². The zero-order chi connectivity index (χ0) is 13.4. The number of amidine groups is 1. The number of nitrogens with zero attached hydrogens (tertiary/aromatic N) is 1. The number of hydrogen-bond acceptors (Lipinski definition) is 4. The van der Waals surface area contributed by atoms with Gasteiger partial charge in [-0.1, -0.05) is 12.1 Å². The van der Waals surface area contributed by atoms with Gasteiger partial charge in [0.2, 0.25) is 0 Å². The van der Waals surface area contributed by atoms with Gasteiger partial charge in [0, 0.05) is 11.5 Å². The normalized spacial score (nSPS) is 14.4. The van der Waals surface area contributed by atoms with E-state index < -0.39 is 0 Å². The van der Waals surface area contributed by atoms with Gasteiger partial charge >= 0.3 is 0 Å². The predicted molar refractivity (Wildman–Crippen MR) is 77.1 cm³/mol. The number of nitrogens with two attached hydrogens (primary N) is 1. The van der Waals surface area contributed by atoms with Crippen LogP contribution in [0.1, 0.15) is 29.3 Å². The average molecular weight is 273 g/mol. The third-order valence-corrected chi connectivity index (χ3v) is 4.33. The van der Waals surface area contributed by atoms with E-state index in [0.717, 1.165) is 39.7 Å². The Morgan fingerprint density at radius 3 is 2.89 bits per heavy atom. The SMILES string of the molecule is COc1cccc(-c2nc(C3CC3)c(C(=N)N)s2)c1. The molecule has 0 radical (unpaired) electrons. The molecule has 1 saturated carbocycles. The van der Waals surface area contributed by atoms with E-state index in [1.807, 2.05) is 24.3 Å². The van der Waals surface area contributed by atoms with E-state index in [1.165, 1.54) is 11.3 Å². The Hall–Kier alpha value is -1.88. The van der Waals surface area contributed by atoms with E-state index in [9.17, 15) is 0 Å². The van der Waals surface area contributed by atoms with Crippen LogP contribution >= 0.6 is 11.3 Å². The second-order valence-electron chi connectivity index (χ2n) is 4.65. The zero-order valence-corrected chi connectivity index (χ0v) is 11.5. The van der Waals surface area contributed by atoms with Crippen LogP contribution in [-0.4, -0.2) is 17.9 Å². The molecule has 2 aromatic rings. The third-order valence-electron chi connectivity index (χ3n) is 3.18. The van der Waals surface area contributed by atoms with Crippen molar-refractivity contribution >= 4 is 17.2 Å². The molecule has 1 aromatic carbocycles. The van der Waals surface area contributed by atoms with Gasteiger partial charge in [-0.3, -0.25) is 5.41 Å². The quantitative estimate of drug-likeness (QED) is 0.664. The van der Waals surface area contributed by atoms with E-state index in [2.05, 4.69) is 4.98 Å². The van der Waals surface area contributed by atoms with Gasteiger partial charge in [0.05, 0.1) is 17.7 Å². The van der Waals surface area contributed by atoms with Crippen LogP contribution in [0.3, 0.4) is 0 Å². The molecule has 4 nitrogen and oxygen atoms in total. The van der Waals surface area contributed by atoms with E-state index in [0.29, 0.717) is 5.92 Å². The summed E-state index contributed by atoms with van der Waals surface area (Å²) in [6.45, 7) is 0. The number of nitrogens with one attached hydrogen (secondary N) is 1. The van der Waals surface area contributed by atoms with Crippen LogP contribution in [0, 0.1) is 5.41 Å². The molecular weight excluding hydrogens is 258 g/mol. The van der Waals surface area contributed by atoms with Crippen molar-refractivity contribution in [3.63, 3.8) is 0 Å². The van der Waals surface area contributed by atoms with Crippen LogP contribution in [-0.2, 0) is 0 Å². The molecule has 0 atom stereocenters. The smallest absolute Gasteiger partial charge is 0.135 e. The first-order chi connectivity index (χ1) is 9.19. The van der Waals surface area contributed by atoms with Crippen LogP contribution in [0.25, 0.3) is 10.6 Å². The first-order valence-electron chi connectivity index (χ1n) is 6.18. The lowest BCUT2D eigenvalue weighted by atomic mass is 10.2. The number of thiazole rings is 1. The molecule has 0 bridgehead atoms. The summed E-state index contributed by atoms with van der Waals surface area (Å²) in [5.74, 6) is 1.42. The molecule has 0 unspecified atom stereocenters. The molecule has 98 valence electrons. The van der Waals surface area contributed by atoms with Crippen LogP contribution in [0.5, 0.6) is 5.75 Å². The van der Waals surface area contributed by atoms with Gasteiger partial charge in [-0.15, -0.1) is 11.3 Å². The number of benzene rings is 1. The lowest BCUT2D eigenvalue weighted by Gasteiger charge is -2.01. The van der Waals surface area contributed by atoms with Crippen molar-refractivity contribution in [2.75, 3.05) is 7.11 Å². The Bertz CT molecular complexity index is 631. The Balaban J connectivity index is 2.04. The summed E-state index contributed by atoms with van der Waals surface area (Å²) in [5, 5.41) is 8.58. The lowest BCUT2D eigenvalue weighted by molar-refractivity contribution is 0.415. The monoisotopic (exact) mass is 273 g/mol. The molecule has 1 heterocycles. The second kappa shape index (κ2) is 4.66. The summed E-state index contributed by atoms with van der Waals surface area (Å²) in [7, 11) is 1.65. The molecular formula is C14H15N3OS. The molecule has 1 aliphatic rings. The molecule has 0 spiro atoms. The third kappa shape index (κ3) is 2.33. The van der Waals surface area contributed by atoms with Crippen LogP contribution in [0.4, 0.5) is 0 Å². The molecule has 0 aliphatic heterocycles. The van der Waals surface area contributed by atoms with E-state index >= 15 is 0 Å². The summed E-state index contributed by atoms with van der Waals surface area (Å²) in [4.78, 5) is 5.50. The summed E-state index contributed by atoms with van der Waals surface area (Å²) < 4.78 is 5.23. The highest BCUT2D eigenvalue weighted by atomic mass is 32.1. The minimum atomic E-state index is 0.119. The maximum absolute atomic E-state index is 7.68. The van der Waals surface area contributed by atoms with Crippen molar-refractivity contribution < 1.29 is 4.74 Å². The van der Waals surface area contributed by atoms with Crippen molar-refractivity contribution in [2.24, 2.45) is 5.73 Å². The Labute approximate surface area is 115 Å². The molecule has 5 heteroatoms. The maximum Gasteiger partial charge on any atom is 0.135 e. The number of rotatable bonds is 4. The number of nitrogen functional groups attached to an aromatic ring is 1. The van der Waals surface area contributed by atoms with Gasteiger partial charge in [0.25, 0.3) is 0 Å². The van der Waals surface area contributed by atoms with Gasteiger partial charge in [0.15, 0.2) is 0 Å². The Kier molecular flexibility index (Phi) is 2.98. The van der Waals surface area contributed by atoms with Crippen molar-refractivity contribution in [1.82, 2.24) is 4.98 Å². The number of ether oxygens (including phenoxy) is 1. The highest BCUT2D eigenvalue weighted by Crippen LogP contribution is 2.44. The predicted octanol–water partition coefficient (Wildman–Crippen LogP) is 2.98. The van der Waals surface area contributed by atoms with Gasteiger partial charge in [-0.2, -0.15) is 0 Å². The number of aromatic nitrogens is 1. The zero-order valence-electron chi connectivity index (χ0n) is 10.6. The van der Waals surface area contributed by atoms with E-state index in [-0.39, 0.29) is 5.84 Å². The minimum absolute atomic E-state index is 0.119. The standard InChI is InChI=1S/C14H15N3OS/c1-18-10-4-2-3-9(7-10)14-17-11(8-5-6-8)12(19-14)13(15)16/h2-4,7-8H,5-6H2,1H3,(H3,15,16). The number of hydrogen-bond donors (Lipinski definition) is 2.